The first kappa shape index (κ1) is 14.2. The zero-order chi connectivity index (χ0) is 13.5. The van der Waals surface area contributed by atoms with Crippen molar-refractivity contribution in [3.8, 4) is 5.75 Å². The Kier molecular flexibility index (Phi) is 5.32. The number of esters is 2. The summed E-state index contributed by atoms with van der Waals surface area (Å²) < 4.78 is 10.2. The molecule has 0 aliphatic carbocycles. The first-order valence-electron chi connectivity index (χ1n) is 5.63. The summed E-state index contributed by atoms with van der Waals surface area (Å²) in [5.74, 6) is -0.300. The molecule has 1 aromatic carbocycles. The van der Waals surface area contributed by atoms with Crippen molar-refractivity contribution in [2.24, 2.45) is 0 Å². The third-order valence-corrected chi connectivity index (χ3v) is 2.19. The number of rotatable bonds is 5. The van der Waals surface area contributed by atoms with Crippen LogP contribution in [0.3, 0.4) is 0 Å². The number of carbonyl (C=O) groups excluding carboxylic acids is 2. The van der Waals surface area contributed by atoms with Gasteiger partial charge >= 0.3 is 11.9 Å². The number of ether oxygens (including phenoxy) is 2. The molecule has 0 bridgehead atoms. The monoisotopic (exact) mass is 251 g/mol. The molecule has 0 saturated heterocycles. The van der Waals surface area contributed by atoms with Crippen LogP contribution >= 0.6 is 0 Å². The first-order valence-corrected chi connectivity index (χ1v) is 5.63. The SMILES string of the molecule is CNCC(OC(C)=O)c1cccc(OC(C)=O)c1. The van der Waals surface area contributed by atoms with Crippen molar-refractivity contribution in [3.05, 3.63) is 29.8 Å². The van der Waals surface area contributed by atoms with Crippen molar-refractivity contribution >= 4 is 11.9 Å². The summed E-state index contributed by atoms with van der Waals surface area (Å²) in [7, 11) is 1.77. The fourth-order valence-electron chi connectivity index (χ4n) is 1.56. The molecule has 1 aromatic rings. The second-order valence-corrected chi connectivity index (χ2v) is 3.82. The van der Waals surface area contributed by atoms with Crippen molar-refractivity contribution in [3.63, 3.8) is 0 Å². The summed E-state index contributed by atoms with van der Waals surface area (Å²) in [5, 5.41) is 2.95. The highest BCUT2D eigenvalue weighted by Crippen LogP contribution is 2.22. The van der Waals surface area contributed by atoms with Gasteiger partial charge in [0.1, 0.15) is 11.9 Å². The van der Waals surface area contributed by atoms with Crippen molar-refractivity contribution in [1.29, 1.82) is 0 Å². The maximum atomic E-state index is 11.0. The minimum Gasteiger partial charge on any atom is -0.456 e. The van der Waals surface area contributed by atoms with E-state index in [0.717, 1.165) is 5.56 Å². The summed E-state index contributed by atoms with van der Waals surface area (Å²) in [6.45, 7) is 3.19. The lowest BCUT2D eigenvalue weighted by molar-refractivity contribution is -0.146. The maximum absolute atomic E-state index is 11.0. The lowest BCUT2D eigenvalue weighted by Crippen LogP contribution is -2.21. The molecule has 18 heavy (non-hydrogen) atoms. The molecule has 0 amide bonds. The van der Waals surface area contributed by atoms with Gasteiger partial charge in [0, 0.05) is 20.4 Å². The topological polar surface area (TPSA) is 64.6 Å². The van der Waals surface area contributed by atoms with Crippen LogP contribution in [0.2, 0.25) is 0 Å². The molecular weight excluding hydrogens is 234 g/mol. The molecule has 1 rings (SSSR count). The summed E-state index contributed by atoms with van der Waals surface area (Å²) in [6.07, 6.45) is -0.400. The van der Waals surface area contributed by atoms with Gasteiger partial charge in [-0.3, -0.25) is 9.59 Å². The summed E-state index contributed by atoms with van der Waals surface area (Å²) in [6, 6.07) is 6.93. The van der Waals surface area contributed by atoms with Gasteiger partial charge in [-0.2, -0.15) is 0 Å². The summed E-state index contributed by atoms with van der Waals surface area (Å²) >= 11 is 0. The van der Waals surface area contributed by atoms with Crippen LogP contribution in [-0.2, 0) is 14.3 Å². The second kappa shape index (κ2) is 6.76. The Morgan fingerprint density at radius 2 is 2.00 bits per heavy atom. The molecule has 0 radical (unpaired) electrons. The quantitative estimate of drug-likeness (QED) is 0.633. The van der Waals surface area contributed by atoms with Gasteiger partial charge in [0.25, 0.3) is 0 Å². The molecule has 98 valence electrons. The van der Waals surface area contributed by atoms with Gasteiger partial charge in [0.05, 0.1) is 0 Å². The molecule has 0 spiro atoms. The number of hydrogen-bond acceptors (Lipinski definition) is 5. The Morgan fingerprint density at radius 3 is 2.56 bits per heavy atom. The van der Waals surface area contributed by atoms with Crippen molar-refractivity contribution in [2.75, 3.05) is 13.6 Å². The van der Waals surface area contributed by atoms with E-state index in [-0.39, 0.29) is 11.9 Å². The number of carbonyl (C=O) groups is 2. The van der Waals surface area contributed by atoms with E-state index in [1.807, 2.05) is 6.07 Å². The normalized spacial score (nSPS) is 11.7. The number of nitrogens with one attached hydrogen (secondary N) is 1. The number of benzene rings is 1. The minimum atomic E-state index is -0.400. The zero-order valence-electron chi connectivity index (χ0n) is 10.7. The smallest absolute Gasteiger partial charge is 0.308 e. The van der Waals surface area contributed by atoms with Crippen LogP contribution in [0.5, 0.6) is 5.75 Å². The molecule has 0 aromatic heterocycles. The van der Waals surface area contributed by atoms with Crippen LogP contribution in [0.15, 0.2) is 24.3 Å². The lowest BCUT2D eigenvalue weighted by Gasteiger charge is -2.17. The maximum Gasteiger partial charge on any atom is 0.308 e. The predicted molar refractivity (Wildman–Crippen MR) is 66.2 cm³/mol. The first-order chi connectivity index (χ1) is 8.52. The van der Waals surface area contributed by atoms with E-state index in [2.05, 4.69) is 5.32 Å². The largest absolute Gasteiger partial charge is 0.456 e. The van der Waals surface area contributed by atoms with Gasteiger partial charge in [-0.05, 0) is 24.7 Å². The number of likely N-dealkylation sites (N-methyl/N-ethyl adjacent to an activating group) is 1. The molecule has 5 nitrogen and oxygen atoms in total. The third kappa shape index (κ3) is 4.55. The highest BCUT2D eigenvalue weighted by molar-refractivity contribution is 5.69. The molecule has 0 heterocycles. The van der Waals surface area contributed by atoms with Crippen LogP contribution in [-0.4, -0.2) is 25.5 Å². The number of hydrogen-bond donors (Lipinski definition) is 1. The standard InChI is InChI=1S/C13H17NO4/c1-9(15)17-12-6-4-5-11(7-12)13(8-14-3)18-10(2)16/h4-7,13-14H,8H2,1-3H3. The average Bonchev–Trinajstić information content (AvgIpc) is 2.27. The summed E-state index contributed by atoms with van der Waals surface area (Å²) in [4.78, 5) is 21.9. The molecule has 1 unspecified atom stereocenters. The molecule has 5 heteroatoms. The molecule has 1 atom stereocenters. The lowest BCUT2D eigenvalue weighted by atomic mass is 10.1. The van der Waals surface area contributed by atoms with Gasteiger partial charge in [-0.15, -0.1) is 0 Å². The fraction of sp³-hybridized carbons (Fsp3) is 0.385. The Balaban J connectivity index is 2.89. The van der Waals surface area contributed by atoms with E-state index >= 15 is 0 Å². The van der Waals surface area contributed by atoms with E-state index in [1.54, 1.807) is 25.2 Å². The molecule has 0 saturated carbocycles. The highest BCUT2D eigenvalue weighted by atomic mass is 16.5. The van der Waals surface area contributed by atoms with E-state index in [0.29, 0.717) is 12.3 Å². The molecule has 0 aliphatic heterocycles. The van der Waals surface area contributed by atoms with Gasteiger partial charge in [0.15, 0.2) is 0 Å². The average molecular weight is 251 g/mol. The second-order valence-electron chi connectivity index (χ2n) is 3.82. The van der Waals surface area contributed by atoms with Crippen LogP contribution in [0.1, 0.15) is 25.5 Å². The summed E-state index contributed by atoms with van der Waals surface area (Å²) in [5.41, 5.74) is 0.776. The Bertz CT molecular complexity index is 431. The highest BCUT2D eigenvalue weighted by Gasteiger charge is 2.14. The minimum absolute atomic E-state index is 0.354. The van der Waals surface area contributed by atoms with E-state index < -0.39 is 6.10 Å². The van der Waals surface area contributed by atoms with Crippen LogP contribution in [0, 0.1) is 0 Å². The van der Waals surface area contributed by atoms with Crippen LogP contribution in [0.25, 0.3) is 0 Å². The van der Waals surface area contributed by atoms with Gasteiger partial charge in [0.2, 0.25) is 0 Å². The van der Waals surface area contributed by atoms with Crippen LogP contribution in [0.4, 0.5) is 0 Å². The van der Waals surface area contributed by atoms with Crippen molar-refractivity contribution in [2.45, 2.75) is 20.0 Å². The van der Waals surface area contributed by atoms with Gasteiger partial charge < -0.3 is 14.8 Å². The molecule has 0 fully saturated rings. The molecular formula is C13H17NO4. The Morgan fingerprint density at radius 1 is 1.28 bits per heavy atom. The van der Waals surface area contributed by atoms with E-state index in [4.69, 9.17) is 9.47 Å². The van der Waals surface area contributed by atoms with Gasteiger partial charge in [-0.25, -0.2) is 0 Å². The van der Waals surface area contributed by atoms with E-state index in [9.17, 15) is 9.59 Å². The third-order valence-electron chi connectivity index (χ3n) is 2.19. The molecule has 0 aliphatic rings. The fourth-order valence-corrected chi connectivity index (χ4v) is 1.56. The van der Waals surface area contributed by atoms with E-state index in [1.165, 1.54) is 13.8 Å². The molecule has 1 N–H and O–H groups in total. The van der Waals surface area contributed by atoms with Crippen molar-refractivity contribution in [1.82, 2.24) is 5.32 Å². The van der Waals surface area contributed by atoms with Gasteiger partial charge in [-0.1, -0.05) is 12.1 Å². The zero-order valence-corrected chi connectivity index (χ0v) is 10.7. The van der Waals surface area contributed by atoms with Crippen LogP contribution < -0.4 is 10.1 Å². The van der Waals surface area contributed by atoms with Crippen molar-refractivity contribution < 1.29 is 19.1 Å². The Labute approximate surface area is 106 Å². The Hall–Kier alpha value is -1.88. The predicted octanol–water partition coefficient (Wildman–Crippen LogP) is 1.44.